The van der Waals surface area contributed by atoms with Gasteiger partial charge in [0.2, 0.25) is 11.7 Å². The Morgan fingerprint density at radius 3 is 2.59 bits per heavy atom. The third-order valence-corrected chi connectivity index (χ3v) is 9.61. The molecule has 0 spiro atoms. The molecular weight excluding hydrogens is 517 g/mol. The fraction of sp³-hybridized carbons (Fsp3) is 0.462. The van der Waals surface area contributed by atoms with E-state index in [-0.39, 0.29) is 34.0 Å². The van der Waals surface area contributed by atoms with Gasteiger partial charge in [0.05, 0.1) is 21.9 Å². The van der Waals surface area contributed by atoms with Gasteiger partial charge in [-0.3, -0.25) is 0 Å². The summed E-state index contributed by atoms with van der Waals surface area (Å²) in [6, 6.07) is 9.21. The Bertz CT molecular complexity index is 1390. The summed E-state index contributed by atoms with van der Waals surface area (Å²) in [7, 11) is -3.81. The fourth-order valence-corrected chi connectivity index (χ4v) is 6.90. The van der Waals surface area contributed by atoms with E-state index in [0.717, 1.165) is 44.1 Å². The third kappa shape index (κ3) is 5.25. The van der Waals surface area contributed by atoms with Crippen LogP contribution in [-0.2, 0) is 21.8 Å². The van der Waals surface area contributed by atoms with Crippen molar-refractivity contribution in [1.82, 2.24) is 15.0 Å². The first-order chi connectivity index (χ1) is 17.6. The maximum atomic E-state index is 15.4. The number of nitrogens with zero attached hydrogens (tertiary/aromatic N) is 4. The largest absolute Gasteiger partial charge is 0.365 e. The summed E-state index contributed by atoms with van der Waals surface area (Å²) in [4.78, 5) is 8.73. The summed E-state index contributed by atoms with van der Waals surface area (Å²) in [5.41, 5.74) is 7.27. The number of sulfone groups is 1. The molecule has 198 valence electrons. The van der Waals surface area contributed by atoms with Crippen LogP contribution >= 0.6 is 11.6 Å². The van der Waals surface area contributed by atoms with Gasteiger partial charge < -0.3 is 20.1 Å². The zero-order chi connectivity index (χ0) is 26.4. The minimum absolute atomic E-state index is 0.0849. The Labute approximate surface area is 221 Å². The van der Waals surface area contributed by atoms with E-state index in [1.54, 1.807) is 12.1 Å². The molecule has 1 aromatic heterocycles. The lowest BCUT2D eigenvalue weighted by molar-refractivity contribution is 0.148. The quantitative estimate of drug-likeness (QED) is 0.510. The first-order valence-corrected chi connectivity index (χ1v) is 14.5. The van der Waals surface area contributed by atoms with Gasteiger partial charge in [-0.2, -0.15) is 4.98 Å². The molecule has 2 aromatic carbocycles. The molecule has 0 bridgehead atoms. The van der Waals surface area contributed by atoms with Gasteiger partial charge in [0, 0.05) is 29.6 Å². The van der Waals surface area contributed by atoms with Crippen LogP contribution in [0.1, 0.15) is 38.1 Å². The first-order valence-electron chi connectivity index (χ1n) is 12.5. The minimum atomic E-state index is -3.81. The van der Waals surface area contributed by atoms with Crippen LogP contribution in [0.2, 0.25) is 5.02 Å². The van der Waals surface area contributed by atoms with E-state index in [0.29, 0.717) is 23.1 Å². The SMILES string of the molecule is CCN1CCC(C)(c2nc(-c3cc4c(cc3F)S(=O)(=O)C[C@H](N)CN4Cc3ccc(Cl)cc3)no2)CC1. The van der Waals surface area contributed by atoms with Gasteiger partial charge in [-0.15, -0.1) is 0 Å². The van der Waals surface area contributed by atoms with Gasteiger partial charge in [-0.05, 0) is 62.3 Å². The molecule has 5 rings (SSSR count). The maximum Gasteiger partial charge on any atom is 0.232 e. The highest BCUT2D eigenvalue weighted by atomic mass is 35.5. The number of piperidine rings is 1. The van der Waals surface area contributed by atoms with Crippen molar-refractivity contribution in [3.8, 4) is 11.4 Å². The molecule has 0 aliphatic carbocycles. The number of likely N-dealkylation sites (tertiary alicyclic amines) is 1. The molecule has 2 aliphatic rings. The second-order valence-corrected chi connectivity index (χ2v) is 12.7. The second-order valence-electron chi connectivity index (χ2n) is 10.3. The normalized spacial score (nSPS) is 21.4. The highest BCUT2D eigenvalue weighted by Gasteiger charge is 2.37. The zero-order valence-corrected chi connectivity index (χ0v) is 22.5. The number of aromatic nitrogens is 2. The average molecular weight is 548 g/mol. The maximum absolute atomic E-state index is 15.4. The standard InChI is InChI=1S/C26H31ClFN5O3S/c1-3-32-10-8-26(2,9-11-32)25-30-24(31-36-25)20-12-22-23(13-21(20)28)37(34,35)16-19(29)15-33(22)14-17-4-6-18(27)7-5-17/h4-7,12-13,19H,3,8-11,14-16,29H2,1-2H3/t19-/m1/s1. The van der Waals surface area contributed by atoms with Crippen LogP contribution in [0.25, 0.3) is 11.4 Å². The number of rotatable bonds is 5. The molecule has 0 saturated carbocycles. The third-order valence-electron chi connectivity index (χ3n) is 7.49. The molecule has 1 saturated heterocycles. The Hall–Kier alpha value is -2.53. The summed E-state index contributed by atoms with van der Waals surface area (Å²) < 4.78 is 47.3. The van der Waals surface area contributed by atoms with E-state index in [1.807, 2.05) is 17.0 Å². The second kappa shape index (κ2) is 9.98. The molecule has 2 N–H and O–H groups in total. The first kappa shape index (κ1) is 26.1. The van der Waals surface area contributed by atoms with Crippen molar-refractivity contribution in [3.63, 3.8) is 0 Å². The van der Waals surface area contributed by atoms with E-state index < -0.39 is 21.7 Å². The number of nitrogens with two attached hydrogens (primary N) is 1. The summed E-state index contributed by atoms with van der Waals surface area (Å²) in [5, 5.41) is 4.70. The molecule has 3 heterocycles. The smallest absolute Gasteiger partial charge is 0.232 e. The Balaban J connectivity index is 1.53. The summed E-state index contributed by atoms with van der Waals surface area (Å²) in [6.07, 6.45) is 1.72. The van der Waals surface area contributed by atoms with Gasteiger partial charge in [-0.1, -0.05) is 42.7 Å². The predicted octanol–water partition coefficient (Wildman–Crippen LogP) is 4.02. The average Bonchev–Trinajstić information content (AvgIpc) is 3.33. The van der Waals surface area contributed by atoms with Crippen LogP contribution in [-0.4, -0.2) is 61.4 Å². The lowest BCUT2D eigenvalue weighted by Crippen LogP contribution is -2.40. The molecule has 11 heteroatoms. The number of halogens is 2. The van der Waals surface area contributed by atoms with Crippen molar-refractivity contribution in [3.05, 3.63) is 58.7 Å². The molecule has 0 unspecified atom stereocenters. The fourth-order valence-electron chi connectivity index (χ4n) is 5.13. The lowest BCUT2D eigenvalue weighted by atomic mass is 9.80. The van der Waals surface area contributed by atoms with Crippen molar-refractivity contribution in [2.75, 3.05) is 36.8 Å². The monoisotopic (exact) mass is 547 g/mol. The van der Waals surface area contributed by atoms with Crippen LogP contribution in [0.15, 0.2) is 45.8 Å². The molecule has 2 aliphatic heterocycles. The molecule has 1 fully saturated rings. The van der Waals surface area contributed by atoms with Crippen LogP contribution in [0.4, 0.5) is 10.1 Å². The van der Waals surface area contributed by atoms with Crippen LogP contribution < -0.4 is 10.6 Å². The van der Waals surface area contributed by atoms with Crippen molar-refractivity contribution >= 4 is 27.1 Å². The highest BCUT2D eigenvalue weighted by Crippen LogP contribution is 2.38. The van der Waals surface area contributed by atoms with Crippen LogP contribution in [0, 0.1) is 5.82 Å². The molecule has 37 heavy (non-hydrogen) atoms. The van der Waals surface area contributed by atoms with E-state index in [1.165, 1.54) is 6.07 Å². The van der Waals surface area contributed by atoms with Crippen molar-refractivity contribution in [2.45, 2.75) is 49.6 Å². The van der Waals surface area contributed by atoms with Crippen molar-refractivity contribution in [1.29, 1.82) is 0 Å². The molecule has 0 radical (unpaired) electrons. The van der Waals surface area contributed by atoms with Gasteiger partial charge >= 0.3 is 0 Å². The number of benzene rings is 2. The van der Waals surface area contributed by atoms with Gasteiger partial charge in [0.1, 0.15) is 5.82 Å². The minimum Gasteiger partial charge on any atom is -0.365 e. The molecule has 8 nitrogen and oxygen atoms in total. The topological polar surface area (TPSA) is 106 Å². The van der Waals surface area contributed by atoms with Crippen LogP contribution in [0.5, 0.6) is 0 Å². The zero-order valence-electron chi connectivity index (χ0n) is 21.0. The Morgan fingerprint density at radius 1 is 1.22 bits per heavy atom. The predicted molar refractivity (Wildman–Crippen MR) is 141 cm³/mol. The van der Waals surface area contributed by atoms with Crippen molar-refractivity contribution in [2.24, 2.45) is 5.73 Å². The number of fused-ring (bicyclic) bond motifs is 1. The summed E-state index contributed by atoms with van der Waals surface area (Å²) in [6.45, 7) is 7.73. The Morgan fingerprint density at radius 2 is 1.92 bits per heavy atom. The van der Waals surface area contributed by atoms with E-state index in [9.17, 15) is 8.42 Å². The van der Waals surface area contributed by atoms with Gasteiger partial charge in [0.25, 0.3) is 0 Å². The molecular formula is C26H31ClFN5O3S. The van der Waals surface area contributed by atoms with Gasteiger partial charge in [0.15, 0.2) is 9.84 Å². The number of hydrogen-bond acceptors (Lipinski definition) is 8. The van der Waals surface area contributed by atoms with Crippen molar-refractivity contribution < 1.29 is 17.3 Å². The lowest BCUT2D eigenvalue weighted by Gasteiger charge is -2.36. The van der Waals surface area contributed by atoms with E-state index >= 15 is 4.39 Å². The summed E-state index contributed by atoms with van der Waals surface area (Å²) in [5.74, 6) is -0.412. The molecule has 3 aromatic rings. The van der Waals surface area contributed by atoms with E-state index in [2.05, 4.69) is 28.9 Å². The summed E-state index contributed by atoms with van der Waals surface area (Å²) >= 11 is 6.03. The number of hydrogen-bond donors (Lipinski definition) is 1. The molecule has 1 atom stereocenters. The molecule has 0 amide bonds. The van der Waals surface area contributed by atoms with Gasteiger partial charge in [-0.25, -0.2) is 12.8 Å². The number of anilines is 1. The Kier molecular flexibility index (Phi) is 7.04. The highest BCUT2D eigenvalue weighted by molar-refractivity contribution is 7.91. The van der Waals surface area contributed by atoms with Crippen LogP contribution in [0.3, 0.4) is 0 Å². The van der Waals surface area contributed by atoms with E-state index in [4.69, 9.17) is 21.9 Å².